The van der Waals surface area contributed by atoms with Crippen molar-refractivity contribution in [2.75, 3.05) is 26.2 Å². The standard InChI is InChI=1S/C30H39N3O5/c1-6-16-31-17-10-14-29(5)22(25(31)35)23-26(36)33(21(19-34)20-12-8-7-9-13-20)24-27(37)32(28(2,3)4)18-11-15-30(23,24)38-29/h7-15,21-24,34H,6,16-19H2,1-5H3/t21-,22-,23+,24?,29+,30+/m1/s1. The summed E-state index contributed by atoms with van der Waals surface area (Å²) in [7, 11) is 0. The van der Waals surface area contributed by atoms with Gasteiger partial charge in [-0.3, -0.25) is 14.4 Å². The molecule has 1 aromatic rings. The second-order valence-corrected chi connectivity index (χ2v) is 12.1. The van der Waals surface area contributed by atoms with E-state index in [1.54, 1.807) is 9.80 Å². The Morgan fingerprint density at radius 3 is 2.32 bits per heavy atom. The van der Waals surface area contributed by atoms with E-state index in [9.17, 15) is 19.5 Å². The molecule has 6 atom stereocenters. The zero-order valence-electron chi connectivity index (χ0n) is 23.0. The Morgan fingerprint density at radius 1 is 1.00 bits per heavy atom. The number of nitrogens with zero attached hydrogens (tertiary/aromatic N) is 3. The molecule has 0 aromatic heterocycles. The first-order valence-corrected chi connectivity index (χ1v) is 13.6. The largest absolute Gasteiger partial charge is 0.394 e. The minimum Gasteiger partial charge on any atom is -0.394 e. The number of benzene rings is 1. The summed E-state index contributed by atoms with van der Waals surface area (Å²) in [5.41, 5.74) is -2.18. The van der Waals surface area contributed by atoms with Gasteiger partial charge >= 0.3 is 0 Å². The quantitative estimate of drug-likeness (QED) is 0.602. The minimum absolute atomic E-state index is 0.131. The number of fused-ring (bicyclic) bond motifs is 2. The molecular weight excluding hydrogens is 482 g/mol. The Kier molecular flexibility index (Phi) is 6.55. The number of ether oxygens (including phenoxy) is 1. The number of likely N-dealkylation sites (tertiary alicyclic amines) is 1. The summed E-state index contributed by atoms with van der Waals surface area (Å²) in [6, 6.07) is 7.48. The van der Waals surface area contributed by atoms with Crippen LogP contribution in [0.25, 0.3) is 0 Å². The molecule has 38 heavy (non-hydrogen) atoms. The number of carbonyl (C=O) groups excluding carboxylic acids is 3. The smallest absolute Gasteiger partial charge is 0.249 e. The molecule has 0 aliphatic carbocycles. The van der Waals surface area contributed by atoms with Crippen LogP contribution in [0.5, 0.6) is 0 Å². The number of hydrogen-bond acceptors (Lipinski definition) is 5. The zero-order chi connectivity index (χ0) is 27.5. The first-order chi connectivity index (χ1) is 18.0. The highest BCUT2D eigenvalue weighted by Gasteiger charge is 2.75. The van der Waals surface area contributed by atoms with Crippen LogP contribution in [-0.2, 0) is 19.1 Å². The van der Waals surface area contributed by atoms with Gasteiger partial charge in [-0.15, -0.1) is 0 Å². The van der Waals surface area contributed by atoms with E-state index in [0.29, 0.717) is 19.6 Å². The van der Waals surface area contributed by atoms with Crippen LogP contribution in [0.3, 0.4) is 0 Å². The summed E-state index contributed by atoms with van der Waals surface area (Å²) in [5.74, 6) is -2.39. The third-order valence-corrected chi connectivity index (χ3v) is 8.57. The molecule has 1 aromatic carbocycles. The molecule has 4 heterocycles. The van der Waals surface area contributed by atoms with Gasteiger partial charge < -0.3 is 24.5 Å². The summed E-state index contributed by atoms with van der Waals surface area (Å²) in [6.07, 6.45) is 8.39. The van der Waals surface area contributed by atoms with Crippen LogP contribution in [0.2, 0.25) is 0 Å². The molecule has 8 nitrogen and oxygen atoms in total. The molecule has 3 amide bonds. The van der Waals surface area contributed by atoms with E-state index in [2.05, 4.69) is 0 Å². The third kappa shape index (κ3) is 3.83. The zero-order valence-corrected chi connectivity index (χ0v) is 23.0. The summed E-state index contributed by atoms with van der Waals surface area (Å²) in [6.45, 7) is 10.8. The van der Waals surface area contributed by atoms with Crippen molar-refractivity contribution in [2.45, 2.75) is 69.9 Å². The highest BCUT2D eigenvalue weighted by molar-refractivity contribution is 6.00. The lowest BCUT2D eigenvalue weighted by atomic mass is 9.74. The van der Waals surface area contributed by atoms with Gasteiger partial charge in [-0.1, -0.05) is 61.6 Å². The molecule has 2 fully saturated rings. The van der Waals surface area contributed by atoms with Crippen molar-refractivity contribution < 1.29 is 24.2 Å². The molecule has 1 spiro atoms. The average Bonchev–Trinajstić information content (AvgIpc) is 3.13. The Labute approximate surface area is 224 Å². The second-order valence-electron chi connectivity index (χ2n) is 12.1. The fraction of sp³-hybridized carbons (Fsp3) is 0.567. The third-order valence-electron chi connectivity index (χ3n) is 8.57. The average molecular weight is 522 g/mol. The van der Waals surface area contributed by atoms with Gasteiger partial charge in [0.05, 0.1) is 30.1 Å². The maximum Gasteiger partial charge on any atom is 0.249 e. The molecule has 0 saturated carbocycles. The van der Waals surface area contributed by atoms with Crippen molar-refractivity contribution in [3.8, 4) is 0 Å². The van der Waals surface area contributed by atoms with Crippen molar-refractivity contribution in [2.24, 2.45) is 11.8 Å². The lowest BCUT2D eigenvalue weighted by molar-refractivity contribution is -0.158. The van der Waals surface area contributed by atoms with Crippen LogP contribution < -0.4 is 0 Å². The molecular formula is C30H39N3O5. The van der Waals surface area contributed by atoms with Crippen LogP contribution in [0.1, 0.15) is 52.6 Å². The van der Waals surface area contributed by atoms with Crippen LogP contribution in [0.15, 0.2) is 54.6 Å². The monoisotopic (exact) mass is 521 g/mol. The molecule has 1 N–H and O–H groups in total. The van der Waals surface area contributed by atoms with E-state index in [4.69, 9.17) is 4.74 Å². The van der Waals surface area contributed by atoms with Gasteiger partial charge in [0.1, 0.15) is 11.6 Å². The highest BCUT2D eigenvalue weighted by atomic mass is 16.5. The van der Waals surface area contributed by atoms with Gasteiger partial charge in [-0.25, -0.2) is 0 Å². The maximum absolute atomic E-state index is 14.6. The lowest BCUT2D eigenvalue weighted by Crippen LogP contribution is -2.59. The van der Waals surface area contributed by atoms with Gasteiger partial charge in [-0.2, -0.15) is 0 Å². The van der Waals surface area contributed by atoms with Crippen LogP contribution in [-0.4, -0.2) is 86.6 Å². The van der Waals surface area contributed by atoms with Gasteiger partial charge in [0.25, 0.3) is 0 Å². The Bertz CT molecular complexity index is 1170. The minimum atomic E-state index is -1.34. The van der Waals surface area contributed by atoms with Gasteiger partial charge in [0.2, 0.25) is 17.7 Å². The van der Waals surface area contributed by atoms with Crippen LogP contribution >= 0.6 is 0 Å². The van der Waals surface area contributed by atoms with Crippen molar-refractivity contribution in [1.82, 2.24) is 14.7 Å². The van der Waals surface area contributed by atoms with Crippen LogP contribution in [0.4, 0.5) is 0 Å². The molecule has 2 saturated heterocycles. The van der Waals surface area contributed by atoms with Crippen molar-refractivity contribution in [1.29, 1.82) is 0 Å². The summed E-state index contributed by atoms with van der Waals surface area (Å²) in [4.78, 5) is 48.2. The molecule has 0 radical (unpaired) electrons. The van der Waals surface area contributed by atoms with Crippen molar-refractivity contribution >= 4 is 17.7 Å². The number of aliphatic hydroxyl groups excluding tert-OH is 1. The fourth-order valence-corrected chi connectivity index (χ4v) is 6.95. The first kappa shape index (κ1) is 26.6. The fourth-order valence-electron chi connectivity index (χ4n) is 6.95. The molecule has 4 aliphatic heterocycles. The topological polar surface area (TPSA) is 90.4 Å². The van der Waals surface area contributed by atoms with E-state index in [1.807, 2.05) is 89.3 Å². The number of amides is 3. The van der Waals surface area contributed by atoms with E-state index in [0.717, 1.165) is 12.0 Å². The van der Waals surface area contributed by atoms with Crippen molar-refractivity contribution in [3.05, 3.63) is 60.2 Å². The summed E-state index contributed by atoms with van der Waals surface area (Å²) in [5, 5.41) is 10.6. The molecule has 5 rings (SSSR count). The number of carbonyl (C=O) groups is 3. The first-order valence-electron chi connectivity index (χ1n) is 13.6. The number of aliphatic hydroxyl groups is 1. The van der Waals surface area contributed by atoms with Gasteiger partial charge in [0.15, 0.2) is 0 Å². The Hall–Kier alpha value is -2.97. The second kappa shape index (κ2) is 9.35. The van der Waals surface area contributed by atoms with E-state index in [-0.39, 0.29) is 24.3 Å². The highest BCUT2D eigenvalue weighted by Crippen LogP contribution is 2.59. The summed E-state index contributed by atoms with van der Waals surface area (Å²) >= 11 is 0. The Morgan fingerprint density at radius 2 is 1.68 bits per heavy atom. The normalized spacial score (nSPS) is 33.7. The predicted molar refractivity (Wildman–Crippen MR) is 143 cm³/mol. The summed E-state index contributed by atoms with van der Waals surface area (Å²) < 4.78 is 6.88. The molecule has 204 valence electrons. The number of hydrogen-bond donors (Lipinski definition) is 1. The predicted octanol–water partition coefficient (Wildman–Crippen LogP) is 2.70. The van der Waals surface area contributed by atoms with Gasteiger partial charge in [0, 0.05) is 25.2 Å². The Balaban J connectivity index is 1.71. The van der Waals surface area contributed by atoms with E-state index in [1.165, 1.54) is 4.90 Å². The van der Waals surface area contributed by atoms with E-state index < -0.39 is 40.7 Å². The lowest BCUT2D eigenvalue weighted by Gasteiger charge is -2.43. The van der Waals surface area contributed by atoms with Gasteiger partial charge in [-0.05, 0) is 39.7 Å². The van der Waals surface area contributed by atoms with Crippen molar-refractivity contribution in [3.63, 3.8) is 0 Å². The number of rotatable bonds is 5. The SMILES string of the molecule is CCCN1CC=C[C@]2(C)O[C@]34C=CCN(C(C)(C)C)C(=O)C3N([C@H](CO)c3ccccc3)C(=O)[C@@H]4[C@@H]2C1=O. The maximum atomic E-state index is 14.6. The molecule has 0 bridgehead atoms. The molecule has 8 heteroatoms. The molecule has 4 aliphatic rings. The molecule has 1 unspecified atom stereocenters. The van der Waals surface area contributed by atoms with Crippen LogP contribution in [0, 0.1) is 11.8 Å². The van der Waals surface area contributed by atoms with E-state index >= 15 is 0 Å².